The SMILES string of the molecule is COCCN(CCC(=O)N1CC[NH+](C/C=C/c2ccccc2)CC1)C(=O)c1ccoc1. The third-order valence-electron chi connectivity index (χ3n) is 5.56. The van der Waals surface area contributed by atoms with E-state index in [1.165, 1.54) is 23.0 Å². The number of nitrogens with zero attached hydrogens (tertiary/aromatic N) is 2. The normalized spacial score (nSPS) is 14.8. The fourth-order valence-electron chi connectivity index (χ4n) is 3.68. The number of piperazine rings is 1. The molecule has 1 aliphatic heterocycles. The highest BCUT2D eigenvalue weighted by molar-refractivity contribution is 5.94. The Bertz CT molecular complexity index is 828. The first kappa shape index (κ1) is 22.8. The summed E-state index contributed by atoms with van der Waals surface area (Å²) in [5.41, 5.74) is 1.70. The molecule has 0 atom stereocenters. The Balaban J connectivity index is 1.42. The lowest BCUT2D eigenvalue weighted by Gasteiger charge is -2.32. The molecule has 2 heterocycles. The van der Waals surface area contributed by atoms with Gasteiger partial charge in [-0.15, -0.1) is 0 Å². The first-order valence-electron chi connectivity index (χ1n) is 10.8. The lowest BCUT2D eigenvalue weighted by molar-refractivity contribution is -0.898. The summed E-state index contributed by atoms with van der Waals surface area (Å²) < 4.78 is 10.1. The summed E-state index contributed by atoms with van der Waals surface area (Å²) >= 11 is 0. The Morgan fingerprint density at radius 2 is 1.94 bits per heavy atom. The number of benzene rings is 1. The van der Waals surface area contributed by atoms with Crippen molar-refractivity contribution in [2.24, 2.45) is 0 Å². The molecule has 1 fully saturated rings. The zero-order valence-electron chi connectivity index (χ0n) is 18.2. The highest BCUT2D eigenvalue weighted by Crippen LogP contribution is 2.07. The van der Waals surface area contributed by atoms with Gasteiger partial charge in [0.25, 0.3) is 5.91 Å². The summed E-state index contributed by atoms with van der Waals surface area (Å²) in [6.45, 7) is 5.58. The second-order valence-corrected chi connectivity index (χ2v) is 7.69. The molecule has 7 heteroatoms. The molecular weight excluding hydrogens is 394 g/mol. The van der Waals surface area contributed by atoms with Gasteiger partial charge in [0, 0.05) is 26.6 Å². The van der Waals surface area contributed by atoms with Gasteiger partial charge >= 0.3 is 0 Å². The molecule has 0 aliphatic carbocycles. The molecule has 2 amide bonds. The van der Waals surface area contributed by atoms with Crippen LogP contribution >= 0.6 is 0 Å². The Morgan fingerprint density at radius 1 is 1.16 bits per heavy atom. The molecule has 1 aliphatic rings. The van der Waals surface area contributed by atoms with Crippen LogP contribution in [-0.2, 0) is 9.53 Å². The fourth-order valence-corrected chi connectivity index (χ4v) is 3.68. The summed E-state index contributed by atoms with van der Waals surface area (Å²) in [7, 11) is 1.60. The summed E-state index contributed by atoms with van der Waals surface area (Å²) in [6, 6.07) is 11.9. The van der Waals surface area contributed by atoms with Gasteiger partial charge in [-0.05, 0) is 17.7 Å². The van der Waals surface area contributed by atoms with Crippen molar-refractivity contribution in [3.63, 3.8) is 0 Å². The predicted molar refractivity (Wildman–Crippen MR) is 119 cm³/mol. The molecule has 1 aromatic heterocycles. The van der Waals surface area contributed by atoms with Gasteiger partial charge in [-0.2, -0.15) is 0 Å². The Labute approximate surface area is 183 Å². The van der Waals surface area contributed by atoms with Crippen molar-refractivity contribution in [1.29, 1.82) is 0 Å². The summed E-state index contributed by atoms with van der Waals surface area (Å²) in [5.74, 6) is -0.0423. The Hall–Kier alpha value is -2.90. The number of methoxy groups -OCH3 is 1. The maximum Gasteiger partial charge on any atom is 0.257 e. The zero-order valence-corrected chi connectivity index (χ0v) is 18.2. The predicted octanol–water partition coefficient (Wildman–Crippen LogP) is 1.20. The van der Waals surface area contributed by atoms with Gasteiger partial charge in [0.05, 0.1) is 51.2 Å². The number of quaternary nitrogens is 1. The number of hydrogen-bond donors (Lipinski definition) is 1. The number of hydrogen-bond acceptors (Lipinski definition) is 4. The van der Waals surface area contributed by atoms with Crippen molar-refractivity contribution in [1.82, 2.24) is 9.80 Å². The minimum absolute atomic E-state index is 0.0984. The highest BCUT2D eigenvalue weighted by atomic mass is 16.5. The third-order valence-corrected chi connectivity index (χ3v) is 5.56. The van der Waals surface area contributed by atoms with Gasteiger partial charge in [0.1, 0.15) is 6.26 Å². The van der Waals surface area contributed by atoms with Crippen LogP contribution < -0.4 is 4.90 Å². The highest BCUT2D eigenvalue weighted by Gasteiger charge is 2.24. The summed E-state index contributed by atoms with van der Waals surface area (Å²) in [6.07, 6.45) is 7.58. The number of amides is 2. The van der Waals surface area contributed by atoms with Crippen molar-refractivity contribution in [3.05, 3.63) is 66.1 Å². The molecule has 0 unspecified atom stereocenters. The van der Waals surface area contributed by atoms with E-state index in [0.29, 0.717) is 31.7 Å². The summed E-state index contributed by atoms with van der Waals surface area (Å²) in [4.78, 5) is 30.4. The van der Waals surface area contributed by atoms with Crippen LogP contribution in [0, 0.1) is 0 Å². The molecule has 166 valence electrons. The van der Waals surface area contributed by atoms with E-state index >= 15 is 0 Å². The van der Waals surface area contributed by atoms with Gasteiger partial charge in [0.15, 0.2) is 0 Å². The standard InChI is InChI=1S/C24H31N3O4/c1-30-19-17-27(24(29)22-10-18-31-20-22)12-9-23(28)26-15-13-25(14-16-26)11-5-8-21-6-3-2-4-7-21/h2-8,10,18,20H,9,11-17,19H2,1H3/p+1/b8-5+. The molecule has 0 saturated carbocycles. The maximum absolute atomic E-state index is 12.7. The van der Waals surface area contributed by atoms with Crippen LogP contribution in [0.3, 0.4) is 0 Å². The second-order valence-electron chi connectivity index (χ2n) is 7.69. The number of carbonyl (C=O) groups is 2. The number of carbonyl (C=O) groups excluding carboxylic acids is 2. The smallest absolute Gasteiger partial charge is 0.257 e. The van der Waals surface area contributed by atoms with Crippen LogP contribution in [0.25, 0.3) is 6.08 Å². The Kier molecular flexibility index (Phi) is 8.87. The average molecular weight is 427 g/mol. The van der Waals surface area contributed by atoms with Crippen LogP contribution in [0.2, 0.25) is 0 Å². The van der Waals surface area contributed by atoms with E-state index < -0.39 is 0 Å². The van der Waals surface area contributed by atoms with E-state index in [0.717, 1.165) is 32.7 Å². The van der Waals surface area contributed by atoms with Gasteiger partial charge < -0.3 is 23.9 Å². The van der Waals surface area contributed by atoms with E-state index in [4.69, 9.17) is 9.15 Å². The molecule has 0 spiro atoms. The topological polar surface area (TPSA) is 67.4 Å². The molecule has 2 aromatic rings. The van der Waals surface area contributed by atoms with Crippen LogP contribution in [0.15, 0.2) is 59.4 Å². The van der Waals surface area contributed by atoms with E-state index in [-0.39, 0.29) is 11.8 Å². The Morgan fingerprint density at radius 3 is 2.61 bits per heavy atom. The van der Waals surface area contributed by atoms with E-state index in [1.807, 2.05) is 23.1 Å². The molecule has 0 bridgehead atoms. The van der Waals surface area contributed by atoms with E-state index in [9.17, 15) is 9.59 Å². The molecule has 0 radical (unpaired) electrons. The fraction of sp³-hybridized carbons (Fsp3) is 0.417. The minimum Gasteiger partial charge on any atom is -0.472 e. The molecule has 1 aromatic carbocycles. The van der Waals surface area contributed by atoms with E-state index in [2.05, 4.69) is 24.3 Å². The summed E-state index contributed by atoms with van der Waals surface area (Å²) in [5, 5.41) is 0. The molecule has 1 N–H and O–H groups in total. The van der Waals surface area contributed by atoms with Crippen molar-refractivity contribution in [2.75, 3.05) is 59.5 Å². The molecule has 1 saturated heterocycles. The van der Waals surface area contributed by atoms with Gasteiger partial charge in [-0.3, -0.25) is 9.59 Å². The first-order valence-corrected chi connectivity index (χ1v) is 10.8. The van der Waals surface area contributed by atoms with Crippen molar-refractivity contribution < 1.29 is 23.6 Å². The lowest BCUT2D eigenvalue weighted by Crippen LogP contribution is -3.14. The number of rotatable bonds is 10. The van der Waals surface area contributed by atoms with Crippen molar-refractivity contribution >= 4 is 17.9 Å². The van der Waals surface area contributed by atoms with Crippen LogP contribution in [0.5, 0.6) is 0 Å². The molecule has 3 rings (SSSR count). The monoisotopic (exact) mass is 426 g/mol. The molecule has 7 nitrogen and oxygen atoms in total. The quantitative estimate of drug-likeness (QED) is 0.620. The van der Waals surface area contributed by atoms with E-state index in [1.54, 1.807) is 18.1 Å². The first-order chi connectivity index (χ1) is 15.2. The zero-order chi connectivity index (χ0) is 21.9. The molecule has 31 heavy (non-hydrogen) atoms. The van der Waals surface area contributed by atoms with Gasteiger partial charge in [0.2, 0.25) is 5.91 Å². The van der Waals surface area contributed by atoms with Gasteiger partial charge in [-0.1, -0.05) is 36.4 Å². The second kappa shape index (κ2) is 12.1. The maximum atomic E-state index is 12.7. The minimum atomic E-state index is -0.141. The molecular formula is C24H32N3O4+. The van der Waals surface area contributed by atoms with Crippen LogP contribution in [0.4, 0.5) is 0 Å². The lowest BCUT2D eigenvalue weighted by atomic mass is 10.2. The average Bonchev–Trinajstić information content (AvgIpc) is 3.35. The number of nitrogens with one attached hydrogen (secondary N) is 1. The van der Waals surface area contributed by atoms with Gasteiger partial charge in [-0.25, -0.2) is 0 Å². The van der Waals surface area contributed by atoms with Crippen molar-refractivity contribution in [2.45, 2.75) is 6.42 Å². The number of ether oxygens (including phenoxy) is 1. The number of furan rings is 1. The van der Waals surface area contributed by atoms with Crippen LogP contribution in [-0.4, -0.2) is 81.1 Å². The van der Waals surface area contributed by atoms with Crippen LogP contribution in [0.1, 0.15) is 22.3 Å². The third kappa shape index (κ3) is 7.08. The van der Waals surface area contributed by atoms with Crippen molar-refractivity contribution in [3.8, 4) is 0 Å². The largest absolute Gasteiger partial charge is 0.472 e.